The van der Waals surface area contributed by atoms with Crippen LogP contribution in [0.5, 0.6) is 0 Å². The van der Waals surface area contributed by atoms with Crippen molar-refractivity contribution in [3.05, 3.63) is 53.7 Å². The zero-order chi connectivity index (χ0) is 22.2. The summed E-state index contributed by atoms with van der Waals surface area (Å²) in [5.74, 6) is -0.262. The minimum Gasteiger partial charge on any atom is -0.352 e. The van der Waals surface area contributed by atoms with E-state index in [1.807, 2.05) is 44.2 Å². The first-order valence-electron chi connectivity index (χ1n) is 10.8. The maximum Gasteiger partial charge on any atom is 0.240 e. The van der Waals surface area contributed by atoms with Crippen LogP contribution in [0, 0.1) is 13.8 Å². The van der Waals surface area contributed by atoms with Crippen molar-refractivity contribution in [2.75, 3.05) is 16.8 Å². The Morgan fingerprint density at radius 1 is 0.968 bits per heavy atom. The number of aryl methyl sites for hydroxylation is 2. The van der Waals surface area contributed by atoms with Crippen molar-refractivity contribution in [2.45, 2.75) is 58.4 Å². The topological polar surface area (TPSA) is 91.4 Å². The van der Waals surface area contributed by atoms with Crippen LogP contribution in [0.3, 0.4) is 0 Å². The molecule has 0 radical (unpaired) electrons. The second-order valence-corrected chi connectivity index (χ2v) is 8.13. The molecule has 0 spiro atoms. The molecule has 1 aliphatic rings. The van der Waals surface area contributed by atoms with E-state index in [2.05, 4.69) is 15.6 Å². The zero-order valence-corrected chi connectivity index (χ0v) is 18.2. The van der Waals surface area contributed by atoms with Crippen LogP contribution in [-0.4, -0.2) is 35.3 Å². The molecule has 1 aromatic carbocycles. The number of pyridine rings is 1. The molecule has 3 rings (SSSR count). The Hall–Kier alpha value is -3.22. The third kappa shape index (κ3) is 6.91. The minimum atomic E-state index is -0.286. The van der Waals surface area contributed by atoms with E-state index in [-0.39, 0.29) is 43.1 Å². The second-order valence-electron chi connectivity index (χ2n) is 8.13. The molecule has 31 heavy (non-hydrogen) atoms. The molecule has 1 fully saturated rings. The molecule has 1 saturated carbocycles. The first-order valence-corrected chi connectivity index (χ1v) is 10.8. The molecule has 1 aliphatic carbocycles. The van der Waals surface area contributed by atoms with Gasteiger partial charge in [-0.25, -0.2) is 4.98 Å². The van der Waals surface area contributed by atoms with E-state index in [0.29, 0.717) is 11.5 Å². The SMILES string of the molecule is Cc1ccc(N(CC(=O)NC2CCCC2)C(=O)CCC(=O)Nc2cc(C)ccn2)cc1. The number of hydrogen-bond donors (Lipinski definition) is 2. The number of benzene rings is 1. The van der Waals surface area contributed by atoms with Crippen LogP contribution in [0.15, 0.2) is 42.6 Å². The molecular weight excluding hydrogens is 392 g/mol. The van der Waals surface area contributed by atoms with E-state index >= 15 is 0 Å². The molecule has 7 nitrogen and oxygen atoms in total. The fraction of sp³-hybridized carbons (Fsp3) is 0.417. The number of nitrogens with one attached hydrogen (secondary N) is 2. The molecule has 0 bridgehead atoms. The van der Waals surface area contributed by atoms with Gasteiger partial charge in [0.2, 0.25) is 17.7 Å². The van der Waals surface area contributed by atoms with Crippen LogP contribution in [0.4, 0.5) is 11.5 Å². The molecule has 0 unspecified atom stereocenters. The van der Waals surface area contributed by atoms with Gasteiger partial charge in [-0.2, -0.15) is 0 Å². The van der Waals surface area contributed by atoms with Gasteiger partial charge in [0.15, 0.2) is 0 Å². The highest BCUT2D eigenvalue weighted by Gasteiger charge is 2.23. The lowest BCUT2D eigenvalue weighted by Crippen LogP contribution is -2.43. The lowest BCUT2D eigenvalue weighted by Gasteiger charge is -2.23. The van der Waals surface area contributed by atoms with Gasteiger partial charge in [-0.1, -0.05) is 30.5 Å². The molecule has 0 aliphatic heterocycles. The quantitative estimate of drug-likeness (QED) is 0.681. The lowest BCUT2D eigenvalue weighted by atomic mass is 10.2. The molecule has 1 heterocycles. The summed E-state index contributed by atoms with van der Waals surface area (Å²) in [6.45, 7) is 3.82. The van der Waals surface area contributed by atoms with Gasteiger partial charge in [0.25, 0.3) is 0 Å². The summed E-state index contributed by atoms with van der Waals surface area (Å²) in [6, 6.07) is 11.3. The Kier molecular flexibility index (Phi) is 7.76. The van der Waals surface area contributed by atoms with Crippen molar-refractivity contribution in [1.29, 1.82) is 0 Å². The maximum atomic E-state index is 13.0. The molecule has 2 N–H and O–H groups in total. The van der Waals surface area contributed by atoms with Gasteiger partial charge < -0.3 is 15.5 Å². The van der Waals surface area contributed by atoms with Crippen LogP contribution in [0.25, 0.3) is 0 Å². The normalized spacial score (nSPS) is 13.6. The zero-order valence-electron chi connectivity index (χ0n) is 18.2. The van der Waals surface area contributed by atoms with Gasteiger partial charge in [-0.3, -0.25) is 14.4 Å². The number of amides is 3. The van der Waals surface area contributed by atoms with E-state index in [0.717, 1.165) is 36.8 Å². The van der Waals surface area contributed by atoms with Crippen molar-refractivity contribution >= 4 is 29.2 Å². The predicted molar refractivity (Wildman–Crippen MR) is 121 cm³/mol. The number of nitrogens with zero attached hydrogens (tertiary/aromatic N) is 2. The Morgan fingerprint density at radius 3 is 2.35 bits per heavy atom. The Labute approximate surface area is 183 Å². The van der Waals surface area contributed by atoms with Gasteiger partial charge >= 0.3 is 0 Å². The summed E-state index contributed by atoms with van der Waals surface area (Å²) < 4.78 is 0. The fourth-order valence-corrected chi connectivity index (χ4v) is 3.70. The maximum absolute atomic E-state index is 13.0. The van der Waals surface area contributed by atoms with Crippen molar-refractivity contribution < 1.29 is 14.4 Å². The van der Waals surface area contributed by atoms with E-state index in [1.54, 1.807) is 12.3 Å². The third-order valence-electron chi connectivity index (χ3n) is 5.42. The molecule has 3 amide bonds. The Balaban J connectivity index is 1.61. The molecule has 2 aromatic rings. The van der Waals surface area contributed by atoms with Crippen LogP contribution >= 0.6 is 0 Å². The molecular formula is C24H30N4O3. The van der Waals surface area contributed by atoms with E-state index in [1.165, 1.54) is 4.90 Å². The van der Waals surface area contributed by atoms with Gasteiger partial charge in [-0.05, 0) is 56.5 Å². The van der Waals surface area contributed by atoms with E-state index < -0.39 is 0 Å². The molecule has 164 valence electrons. The number of anilines is 2. The Bertz CT molecular complexity index is 921. The number of aromatic nitrogens is 1. The van der Waals surface area contributed by atoms with Crippen molar-refractivity contribution in [3.63, 3.8) is 0 Å². The molecule has 0 atom stereocenters. The van der Waals surface area contributed by atoms with Crippen LogP contribution in [0.2, 0.25) is 0 Å². The number of rotatable bonds is 8. The highest BCUT2D eigenvalue weighted by atomic mass is 16.2. The van der Waals surface area contributed by atoms with Gasteiger partial charge in [0.1, 0.15) is 12.4 Å². The van der Waals surface area contributed by atoms with Crippen LogP contribution in [-0.2, 0) is 14.4 Å². The van der Waals surface area contributed by atoms with Crippen molar-refractivity contribution in [1.82, 2.24) is 10.3 Å². The molecule has 7 heteroatoms. The second kappa shape index (κ2) is 10.7. The molecule has 1 aromatic heterocycles. The molecule has 0 saturated heterocycles. The van der Waals surface area contributed by atoms with Crippen LogP contribution < -0.4 is 15.5 Å². The van der Waals surface area contributed by atoms with Crippen molar-refractivity contribution in [2.24, 2.45) is 0 Å². The highest BCUT2D eigenvalue weighted by Crippen LogP contribution is 2.19. The van der Waals surface area contributed by atoms with E-state index in [9.17, 15) is 14.4 Å². The smallest absolute Gasteiger partial charge is 0.240 e. The minimum absolute atomic E-state index is 0.00222. The first kappa shape index (κ1) is 22.5. The first-order chi connectivity index (χ1) is 14.9. The largest absolute Gasteiger partial charge is 0.352 e. The summed E-state index contributed by atoms with van der Waals surface area (Å²) in [4.78, 5) is 43.4. The average Bonchev–Trinajstić information content (AvgIpc) is 3.24. The summed E-state index contributed by atoms with van der Waals surface area (Å²) in [7, 11) is 0. The average molecular weight is 423 g/mol. The summed E-state index contributed by atoms with van der Waals surface area (Å²) in [5, 5.41) is 5.74. The van der Waals surface area contributed by atoms with Gasteiger partial charge in [0, 0.05) is 30.8 Å². The summed E-state index contributed by atoms with van der Waals surface area (Å²) in [6.07, 6.45) is 5.85. The van der Waals surface area contributed by atoms with Crippen molar-refractivity contribution in [3.8, 4) is 0 Å². The Morgan fingerprint density at radius 2 is 1.68 bits per heavy atom. The standard InChI is InChI=1S/C24H30N4O3/c1-17-7-9-20(10-8-17)28(16-23(30)26-19-5-3-4-6-19)24(31)12-11-22(29)27-21-15-18(2)13-14-25-21/h7-10,13-15,19H,3-6,11-12,16H2,1-2H3,(H,26,30)(H,25,27,29). The number of carbonyl (C=O) groups excluding carboxylic acids is 3. The van der Waals surface area contributed by atoms with Gasteiger partial charge in [0.05, 0.1) is 0 Å². The highest BCUT2D eigenvalue weighted by molar-refractivity contribution is 6.01. The number of hydrogen-bond acceptors (Lipinski definition) is 4. The fourth-order valence-electron chi connectivity index (χ4n) is 3.70. The monoisotopic (exact) mass is 422 g/mol. The van der Waals surface area contributed by atoms with E-state index in [4.69, 9.17) is 0 Å². The summed E-state index contributed by atoms with van der Waals surface area (Å²) in [5.41, 5.74) is 2.70. The lowest BCUT2D eigenvalue weighted by molar-refractivity contribution is -0.125. The number of carbonyl (C=O) groups is 3. The van der Waals surface area contributed by atoms with Crippen LogP contribution in [0.1, 0.15) is 49.7 Å². The van der Waals surface area contributed by atoms with Gasteiger partial charge in [-0.15, -0.1) is 0 Å². The predicted octanol–water partition coefficient (Wildman–Crippen LogP) is 3.51. The summed E-state index contributed by atoms with van der Waals surface area (Å²) >= 11 is 0. The third-order valence-corrected chi connectivity index (χ3v) is 5.42.